The predicted octanol–water partition coefficient (Wildman–Crippen LogP) is 4.51. The van der Waals surface area contributed by atoms with Gasteiger partial charge >= 0.3 is 0 Å². The van der Waals surface area contributed by atoms with Gasteiger partial charge in [0.15, 0.2) is 0 Å². The summed E-state index contributed by atoms with van der Waals surface area (Å²) in [6.07, 6.45) is 1.66. The lowest BCUT2D eigenvalue weighted by molar-refractivity contribution is 0.414. The zero-order valence-corrected chi connectivity index (χ0v) is 13.5. The molecule has 3 rings (SSSR count). The van der Waals surface area contributed by atoms with Crippen molar-refractivity contribution in [3.05, 3.63) is 51.7 Å². The summed E-state index contributed by atoms with van der Waals surface area (Å²) >= 11 is 7.97. The molecule has 0 unspecified atom stereocenters. The molecule has 1 aromatic carbocycles. The van der Waals surface area contributed by atoms with Crippen LogP contribution < -0.4 is 4.74 Å². The third-order valence-corrected chi connectivity index (χ3v) is 4.77. The largest absolute Gasteiger partial charge is 0.497 e. The van der Waals surface area contributed by atoms with Crippen LogP contribution in [0.15, 0.2) is 30.3 Å². The average Bonchev–Trinajstić information content (AvgIpc) is 2.92. The van der Waals surface area contributed by atoms with E-state index in [0.29, 0.717) is 11.6 Å². The average molecular weight is 319 g/mol. The van der Waals surface area contributed by atoms with Crippen LogP contribution in [0.5, 0.6) is 5.75 Å². The molecule has 3 nitrogen and oxygen atoms in total. The first-order valence-electron chi connectivity index (χ1n) is 6.77. The molecule has 21 heavy (non-hydrogen) atoms. The summed E-state index contributed by atoms with van der Waals surface area (Å²) in [4.78, 5) is 11.3. The third-order valence-electron chi connectivity index (χ3n) is 3.31. The maximum Gasteiger partial charge on any atom is 0.141 e. The van der Waals surface area contributed by atoms with Gasteiger partial charge in [-0.25, -0.2) is 9.97 Å². The standard InChI is InChI=1S/C16H15ClN2OS/c1-3-12-9-13-15(17)18-14(19-16(13)21-12)8-10-4-6-11(20-2)7-5-10/h4-7,9H,3,8H2,1-2H3. The Labute approximate surface area is 132 Å². The summed E-state index contributed by atoms with van der Waals surface area (Å²) in [5.74, 6) is 1.60. The molecule has 0 N–H and O–H groups in total. The van der Waals surface area contributed by atoms with E-state index in [1.54, 1.807) is 18.4 Å². The van der Waals surface area contributed by atoms with Crippen LogP contribution in [0.2, 0.25) is 5.15 Å². The van der Waals surface area contributed by atoms with Crippen LogP contribution in [-0.2, 0) is 12.8 Å². The highest BCUT2D eigenvalue weighted by atomic mass is 35.5. The van der Waals surface area contributed by atoms with Crippen molar-refractivity contribution in [3.63, 3.8) is 0 Å². The summed E-state index contributed by atoms with van der Waals surface area (Å²) in [5.41, 5.74) is 1.14. The molecule has 0 radical (unpaired) electrons. The highest BCUT2D eigenvalue weighted by molar-refractivity contribution is 7.18. The van der Waals surface area contributed by atoms with Crippen LogP contribution in [0.25, 0.3) is 10.2 Å². The number of hydrogen-bond donors (Lipinski definition) is 0. The van der Waals surface area contributed by atoms with Crippen molar-refractivity contribution in [2.75, 3.05) is 7.11 Å². The molecular formula is C16H15ClN2OS. The van der Waals surface area contributed by atoms with Crippen molar-refractivity contribution < 1.29 is 4.74 Å². The second-order valence-corrected chi connectivity index (χ2v) is 6.21. The number of aromatic nitrogens is 2. The fourth-order valence-corrected chi connectivity index (χ4v) is 3.44. The summed E-state index contributed by atoms with van der Waals surface area (Å²) in [5, 5.41) is 1.50. The first-order valence-corrected chi connectivity index (χ1v) is 7.96. The number of aryl methyl sites for hydroxylation is 1. The van der Waals surface area contributed by atoms with Gasteiger partial charge in [-0.1, -0.05) is 30.7 Å². The lowest BCUT2D eigenvalue weighted by Crippen LogP contribution is -1.97. The van der Waals surface area contributed by atoms with E-state index in [1.807, 2.05) is 24.3 Å². The van der Waals surface area contributed by atoms with Gasteiger partial charge in [-0.05, 0) is 30.2 Å². The van der Waals surface area contributed by atoms with E-state index in [-0.39, 0.29) is 0 Å². The zero-order valence-electron chi connectivity index (χ0n) is 11.9. The number of halogens is 1. The lowest BCUT2D eigenvalue weighted by Gasteiger charge is -2.04. The molecule has 2 aromatic heterocycles. The quantitative estimate of drug-likeness (QED) is 0.664. The van der Waals surface area contributed by atoms with Crippen LogP contribution in [0.1, 0.15) is 23.2 Å². The van der Waals surface area contributed by atoms with Crippen molar-refractivity contribution in [3.8, 4) is 5.75 Å². The van der Waals surface area contributed by atoms with E-state index in [2.05, 4.69) is 23.0 Å². The minimum Gasteiger partial charge on any atom is -0.497 e. The molecule has 2 heterocycles. The van der Waals surface area contributed by atoms with Crippen LogP contribution >= 0.6 is 22.9 Å². The Bertz CT molecular complexity index is 768. The normalized spacial score (nSPS) is 11.0. The topological polar surface area (TPSA) is 35.0 Å². The van der Waals surface area contributed by atoms with Crippen LogP contribution in [0.3, 0.4) is 0 Å². The van der Waals surface area contributed by atoms with Crippen LogP contribution in [0.4, 0.5) is 0 Å². The number of hydrogen-bond acceptors (Lipinski definition) is 4. The molecule has 0 bridgehead atoms. The molecule has 0 amide bonds. The molecule has 0 spiro atoms. The summed E-state index contributed by atoms with van der Waals surface area (Å²) < 4.78 is 5.16. The van der Waals surface area contributed by atoms with Gasteiger partial charge in [-0.2, -0.15) is 0 Å². The van der Waals surface area contributed by atoms with Gasteiger partial charge in [0.05, 0.1) is 7.11 Å². The summed E-state index contributed by atoms with van der Waals surface area (Å²) in [6, 6.07) is 10.0. The van der Waals surface area contributed by atoms with Crippen molar-refractivity contribution in [2.45, 2.75) is 19.8 Å². The zero-order chi connectivity index (χ0) is 14.8. The Morgan fingerprint density at radius 2 is 1.95 bits per heavy atom. The number of methoxy groups -OCH3 is 1. The number of fused-ring (bicyclic) bond motifs is 1. The number of benzene rings is 1. The lowest BCUT2D eigenvalue weighted by atomic mass is 10.1. The van der Waals surface area contributed by atoms with Crippen molar-refractivity contribution in [1.82, 2.24) is 9.97 Å². The molecule has 0 aliphatic heterocycles. The minimum atomic E-state index is 0.541. The molecule has 0 aliphatic rings. The Balaban J connectivity index is 1.92. The maximum atomic E-state index is 6.28. The molecule has 0 aliphatic carbocycles. The number of nitrogens with zero attached hydrogens (tertiary/aromatic N) is 2. The van der Waals surface area contributed by atoms with E-state index < -0.39 is 0 Å². The highest BCUT2D eigenvalue weighted by Gasteiger charge is 2.10. The van der Waals surface area contributed by atoms with Crippen molar-refractivity contribution in [1.29, 1.82) is 0 Å². The highest BCUT2D eigenvalue weighted by Crippen LogP contribution is 2.29. The van der Waals surface area contributed by atoms with Crippen molar-refractivity contribution >= 4 is 33.2 Å². The maximum absolute atomic E-state index is 6.28. The van der Waals surface area contributed by atoms with Gasteiger partial charge in [0.25, 0.3) is 0 Å². The van der Waals surface area contributed by atoms with E-state index in [4.69, 9.17) is 16.3 Å². The Morgan fingerprint density at radius 1 is 1.19 bits per heavy atom. The number of thiophene rings is 1. The van der Waals surface area contributed by atoms with Gasteiger partial charge < -0.3 is 4.74 Å². The molecule has 0 saturated heterocycles. The van der Waals surface area contributed by atoms with Gasteiger partial charge in [-0.3, -0.25) is 0 Å². The fraction of sp³-hybridized carbons (Fsp3) is 0.250. The van der Waals surface area contributed by atoms with Crippen LogP contribution in [-0.4, -0.2) is 17.1 Å². The summed E-state index contributed by atoms with van der Waals surface area (Å²) in [7, 11) is 1.66. The molecule has 0 atom stereocenters. The first-order chi connectivity index (χ1) is 10.2. The van der Waals surface area contributed by atoms with E-state index in [9.17, 15) is 0 Å². The van der Waals surface area contributed by atoms with E-state index in [0.717, 1.165) is 33.8 Å². The first kappa shape index (κ1) is 14.3. The van der Waals surface area contributed by atoms with Gasteiger partial charge in [0.2, 0.25) is 0 Å². The molecule has 3 aromatic rings. The Kier molecular flexibility index (Phi) is 4.08. The molecular weight excluding hydrogens is 304 g/mol. The Morgan fingerprint density at radius 3 is 2.62 bits per heavy atom. The predicted molar refractivity (Wildman–Crippen MR) is 87.6 cm³/mol. The monoisotopic (exact) mass is 318 g/mol. The minimum absolute atomic E-state index is 0.541. The fourth-order valence-electron chi connectivity index (χ4n) is 2.16. The second kappa shape index (κ2) is 6.00. The van der Waals surface area contributed by atoms with Crippen LogP contribution in [0, 0.1) is 0 Å². The van der Waals surface area contributed by atoms with E-state index in [1.165, 1.54) is 4.88 Å². The third kappa shape index (κ3) is 3.01. The Hall–Kier alpha value is -1.65. The molecule has 108 valence electrons. The molecule has 0 saturated carbocycles. The van der Waals surface area contributed by atoms with Gasteiger partial charge in [-0.15, -0.1) is 11.3 Å². The van der Waals surface area contributed by atoms with Gasteiger partial charge in [0, 0.05) is 16.7 Å². The number of ether oxygens (including phenoxy) is 1. The van der Waals surface area contributed by atoms with Gasteiger partial charge in [0.1, 0.15) is 21.6 Å². The second-order valence-electron chi connectivity index (χ2n) is 4.74. The van der Waals surface area contributed by atoms with Crippen molar-refractivity contribution in [2.24, 2.45) is 0 Å². The van der Waals surface area contributed by atoms with E-state index >= 15 is 0 Å². The number of rotatable bonds is 4. The summed E-state index contributed by atoms with van der Waals surface area (Å²) in [6.45, 7) is 2.13. The smallest absolute Gasteiger partial charge is 0.141 e. The molecule has 0 fully saturated rings. The SMILES string of the molecule is CCc1cc2c(Cl)nc(Cc3ccc(OC)cc3)nc2s1. The molecule has 5 heteroatoms.